The van der Waals surface area contributed by atoms with Gasteiger partial charge in [0.2, 0.25) is 0 Å². The first-order chi connectivity index (χ1) is 23.9. The molecule has 2 aliphatic carbocycles. The van der Waals surface area contributed by atoms with Crippen molar-refractivity contribution in [2.45, 2.75) is 154 Å². The van der Waals surface area contributed by atoms with Crippen LogP contribution < -0.4 is 0 Å². The molecule has 0 aliphatic heterocycles. The zero-order chi connectivity index (χ0) is 37.3. The molecule has 0 aromatic carbocycles. The fourth-order valence-electron chi connectivity index (χ4n) is 6.43. The standard InChI is InChI=1S/2C20H32O5/c2*1-2-3-6-9-15(21)12-13-17-16(18(22)14-19(17)23)10-7-4-5-8-11-20(24)25/h2*4,7,12-13,15-17,19,21,23H,2-3,5-6,8-11,14H2,1H3,(H,24,25)/b2*7-4-,13-12+/t2*15-,16+,17+,19+/m00/s1. The van der Waals surface area contributed by atoms with Crippen LogP contribution in [0.3, 0.4) is 0 Å². The van der Waals surface area contributed by atoms with Crippen LogP contribution in [0.1, 0.15) is 129 Å². The molecule has 0 aromatic heterocycles. The first-order valence-electron chi connectivity index (χ1n) is 18.8. The van der Waals surface area contributed by atoms with Gasteiger partial charge in [0.05, 0.1) is 24.4 Å². The van der Waals surface area contributed by atoms with Crippen molar-refractivity contribution in [1.82, 2.24) is 0 Å². The fraction of sp³-hybridized carbons (Fsp3) is 0.700. The second-order valence-electron chi connectivity index (χ2n) is 13.7. The average Bonchev–Trinajstić information content (AvgIpc) is 3.49. The van der Waals surface area contributed by atoms with Gasteiger partial charge >= 0.3 is 11.9 Å². The topological polar surface area (TPSA) is 190 Å². The van der Waals surface area contributed by atoms with Gasteiger partial charge in [-0.25, -0.2) is 0 Å². The Bertz CT molecular complexity index is 1020. The van der Waals surface area contributed by atoms with Crippen LogP contribution in [0.2, 0.25) is 0 Å². The monoisotopic (exact) mass is 704 g/mol. The van der Waals surface area contributed by atoms with E-state index in [4.69, 9.17) is 10.2 Å². The summed E-state index contributed by atoms with van der Waals surface area (Å²) >= 11 is 0. The molecular formula is C40H64O10. The lowest BCUT2D eigenvalue weighted by molar-refractivity contribution is -0.138. The Hall–Kier alpha value is -2.92. The maximum atomic E-state index is 12.1. The quantitative estimate of drug-likeness (QED) is 0.0478. The minimum atomic E-state index is -0.801. The molecule has 0 aromatic rings. The minimum Gasteiger partial charge on any atom is -0.481 e. The second kappa shape index (κ2) is 26.8. The molecule has 8 atom stereocenters. The predicted molar refractivity (Wildman–Crippen MR) is 194 cm³/mol. The van der Waals surface area contributed by atoms with Crippen molar-refractivity contribution in [3.63, 3.8) is 0 Å². The highest BCUT2D eigenvalue weighted by Crippen LogP contribution is 2.34. The Kier molecular flexibility index (Phi) is 24.2. The van der Waals surface area contributed by atoms with Crippen LogP contribution in [-0.2, 0) is 19.2 Å². The summed E-state index contributed by atoms with van der Waals surface area (Å²) in [6, 6.07) is 0. The van der Waals surface area contributed by atoms with Gasteiger partial charge in [-0.15, -0.1) is 0 Å². The molecule has 6 N–H and O–H groups in total. The zero-order valence-electron chi connectivity index (χ0n) is 30.3. The van der Waals surface area contributed by atoms with Gasteiger partial charge in [0.1, 0.15) is 11.6 Å². The number of allylic oxidation sites excluding steroid dienone is 4. The van der Waals surface area contributed by atoms with Gasteiger partial charge in [-0.1, -0.05) is 101 Å². The summed E-state index contributed by atoms with van der Waals surface area (Å²) in [5.41, 5.74) is 0. The number of rotatable bonds is 24. The molecule has 0 amide bonds. The third kappa shape index (κ3) is 19.5. The van der Waals surface area contributed by atoms with E-state index in [1.165, 1.54) is 0 Å². The van der Waals surface area contributed by atoms with Gasteiger partial charge in [0.15, 0.2) is 0 Å². The van der Waals surface area contributed by atoms with Crippen molar-refractivity contribution in [2.75, 3.05) is 0 Å². The number of Topliss-reactive ketones (excluding diaryl/α,β-unsaturated/α-hetero) is 2. The molecule has 10 heteroatoms. The van der Waals surface area contributed by atoms with Crippen molar-refractivity contribution >= 4 is 23.5 Å². The molecule has 284 valence electrons. The first-order valence-corrected chi connectivity index (χ1v) is 18.8. The van der Waals surface area contributed by atoms with Gasteiger partial charge in [-0.3, -0.25) is 19.2 Å². The number of unbranched alkanes of at least 4 members (excludes halogenated alkanes) is 6. The average molecular weight is 705 g/mol. The number of carboxylic acids is 2. The third-order valence-corrected chi connectivity index (χ3v) is 9.42. The van der Waals surface area contributed by atoms with E-state index >= 15 is 0 Å². The van der Waals surface area contributed by atoms with Crippen LogP contribution in [0, 0.1) is 23.7 Å². The van der Waals surface area contributed by atoms with Crippen molar-refractivity contribution in [1.29, 1.82) is 0 Å². The lowest BCUT2D eigenvalue weighted by Gasteiger charge is -2.16. The molecule has 0 bridgehead atoms. The van der Waals surface area contributed by atoms with E-state index in [2.05, 4.69) is 13.8 Å². The van der Waals surface area contributed by atoms with Crippen LogP contribution in [0.15, 0.2) is 48.6 Å². The zero-order valence-corrected chi connectivity index (χ0v) is 30.3. The van der Waals surface area contributed by atoms with E-state index in [0.717, 1.165) is 38.5 Å². The lowest BCUT2D eigenvalue weighted by Crippen LogP contribution is -2.18. The molecule has 2 saturated carbocycles. The van der Waals surface area contributed by atoms with Gasteiger partial charge in [-0.05, 0) is 51.4 Å². The first kappa shape index (κ1) is 45.1. The van der Waals surface area contributed by atoms with Gasteiger partial charge in [-0.2, -0.15) is 0 Å². The summed E-state index contributed by atoms with van der Waals surface area (Å²) in [5, 5.41) is 57.4. The van der Waals surface area contributed by atoms with E-state index in [1.807, 2.05) is 24.3 Å². The summed E-state index contributed by atoms with van der Waals surface area (Å²) in [6.07, 6.45) is 24.2. The molecule has 2 fully saturated rings. The Morgan fingerprint density at radius 3 is 1.36 bits per heavy atom. The molecule has 0 heterocycles. The molecule has 0 radical (unpaired) electrons. The van der Waals surface area contributed by atoms with Crippen molar-refractivity contribution in [3.8, 4) is 0 Å². The van der Waals surface area contributed by atoms with Crippen molar-refractivity contribution in [2.24, 2.45) is 23.7 Å². The Morgan fingerprint density at radius 1 is 0.640 bits per heavy atom. The summed E-state index contributed by atoms with van der Waals surface area (Å²) in [6.45, 7) is 4.23. The van der Waals surface area contributed by atoms with E-state index in [1.54, 1.807) is 24.3 Å². The summed E-state index contributed by atoms with van der Waals surface area (Å²) in [4.78, 5) is 45.1. The number of hydrogen-bond acceptors (Lipinski definition) is 8. The highest BCUT2D eigenvalue weighted by molar-refractivity contribution is 5.85. The number of carbonyl (C=O) groups excluding carboxylic acids is 2. The number of hydrogen-bond donors (Lipinski definition) is 6. The van der Waals surface area contributed by atoms with Crippen LogP contribution >= 0.6 is 0 Å². The number of aliphatic hydroxyl groups is 4. The van der Waals surface area contributed by atoms with E-state index < -0.39 is 36.4 Å². The summed E-state index contributed by atoms with van der Waals surface area (Å²) in [7, 11) is 0. The van der Waals surface area contributed by atoms with Gasteiger partial charge in [0.25, 0.3) is 0 Å². The normalized spacial score (nSPS) is 25.2. The van der Waals surface area contributed by atoms with E-state index in [9.17, 15) is 39.6 Å². The number of carboxylic acid groups (broad SMARTS) is 2. The molecule has 50 heavy (non-hydrogen) atoms. The fourth-order valence-corrected chi connectivity index (χ4v) is 6.43. The molecule has 0 spiro atoms. The largest absolute Gasteiger partial charge is 0.481 e. The minimum absolute atomic E-state index is 0.0535. The van der Waals surface area contributed by atoms with Crippen molar-refractivity contribution < 1.29 is 49.8 Å². The summed E-state index contributed by atoms with van der Waals surface area (Å²) < 4.78 is 0. The number of aliphatic hydroxyl groups excluding tert-OH is 4. The molecule has 2 rings (SSSR count). The Balaban J connectivity index is 0.000000500. The maximum Gasteiger partial charge on any atom is 0.303 e. The van der Waals surface area contributed by atoms with Crippen LogP contribution in [0.25, 0.3) is 0 Å². The molecule has 0 unspecified atom stereocenters. The third-order valence-electron chi connectivity index (χ3n) is 9.42. The highest BCUT2D eigenvalue weighted by Gasteiger charge is 2.40. The SMILES string of the molecule is CCCCC[C@H](O)/C=C/[C@H]1[C@H](O)CC(=O)[C@@H]1C/C=C\CCCC(=O)O.CCCCC[C@H](O)/C=C/[C@H]1[C@H](O)CC(=O)[C@@H]1C/C=C\CCCC(=O)O. The van der Waals surface area contributed by atoms with Gasteiger partial charge in [0, 0.05) is 49.4 Å². The van der Waals surface area contributed by atoms with E-state index in [0.29, 0.717) is 51.4 Å². The number of carbonyl (C=O) groups is 4. The summed E-state index contributed by atoms with van der Waals surface area (Å²) in [5.74, 6) is -2.52. The molecule has 10 nitrogen and oxygen atoms in total. The van der Waals surface area contributed by atoms with E-state index in [-0.39, 0.29) is 60.9 Å². The maximum absolute atomic E-state index is 12.1. The molecule has 2 aliphatic rings. The number of ketones is 2. The smallest absolute Gasteiger partial charge is 0.303 e. The number of aliphatic carboxylic acids is 2. The van der Waals surface area contributed by atoms with Crippen LogP contribution in [0.4, 0.5) is 0 Å². The Labute approximate surface area is 299 Å². The molecular weight excluding hydrogens is 640 g/mol. The second-order valence-corrected chi connectivity index (χ2v) is 13.7. The highest BCUT2D eigenvalue weighted by atomic mass is 16.4. The lowest BCUT2D eigenvalue weighted by atomic mass is 9.90. The predicted octanol–water partition coefficient (Wildman–Crippen LogP) is 6.50. The van der Waals surface area contributed by atoms with Crippen molar-refractivity contribution in [3.05, 3.63) is 48.6 Å². The Morgan fingerprint density at radius 2 is 1.02 bits per heavy atom. The van der Waals surface area contributed by atoms with Crippen LogP contribution in [-0.4, -0.2) is 78.6 Å². The molecule has 0 saturated heterocycles. The van der Waals surface area contributed by atoms with Gasteiger partial charge < -0.3 is 30.6 Å². The van der Waals surface area contributed by atoms with Crippen LogP contribution in [0.5, 0.6) is 0 Å².